The first-order valence-corrected chi connectivity index (χ1v) is 7.41. The van der Waals surface area contributed by atoms with Crippen LogP contribution in [-0.2, 0) is 10.0 Å². The maximum absolute atomic E-state index is 12.0. The van der Waals surface area contributed by atoms with Crippen molar-refractivity contribution in [3.05, 3.63) is 29.2 Å². The molecule has 8 nitrogen and oxygen atoms in total. The molecule has 0 saturated heterocycles. The Kier molecular flexibility index (Phi) is 3.64. The number of carboxylic acids is 1. The van der Waals surface area contributed by atoms with Gasteiger partial charge in [0, 0.05) is 0 Å². The number of hydrogen-bond acceptors (Lipinski definition) is 6. The molecule has 102 valence electrons. The molecule has 2 aromatic rings. The summed E-state index contributed by atoms with van der Waals surface area (Å²) in [6.45, 7) is 1.60. The summed E-state index contributed by atoms with van der Waals surface area (Å²) in [5, 5.41) is 15.0. The monoisotopic (exact) mass is 302 g/mol. The average molecular weight is 302 g/mol. The number of hydrogen-bond donors (Lipinski definition) is 3. The van der Waals surface area contributed by atoms with E-state index in [4.69, 9.17) is 5.11 Å². The first-order chi connectivity index (χ1) is 8.90. The molecule has 0 aliphatic heterocycles. The van der Waals surface area contributed by atoms with E-state index >= 15 is 0 Å². The van der Waals surface area contributed by atoms with Gasteiger partial charge in [0.15, 0.2) is 0 Å². The summed E-state index contributed by atoms with van der Waals surface area (Å²) in [5.74, 6) is -0.784. The van der Waals surface area contributed by atoms with E-state index in [2.05, 4.69) is 19.9 Å². The van der Waals surface area contributed by atoms with E-state index in [1.807, 2.05) is 0 Å². The molecule has 10 heteroatoms. The summed E-state index contributed by atoms with van der Waals surface area (Å²) in [4.78, 5) is 14.5. The largest absolute Gasteiger partial charge is 0.477 e. The molecule has 1 atom stereocenters. The van der Waals surface area contributed by atoms with E-state index in [-0.39, 0.29) is 9.09 Å². The minimum atomic E-state index is -3.78. The van der Waals surface area contributed by atoms with Gasteiger partial charge in [-0.15, -0.1) is 11.3 Å². The van der Waals surface area contributed by atoms with Crippen LogP contribution in [0.25, 0.3) is 0 Å². The number of aromatic amines is 1. The van der Waals surface area contributed by atoms with Crippen LogP contribution < -0.4 is 4.72 Å². The number of carbonyl (C=O) groups is 1. The number of sulfonamides is 1. The summed E-state index contributed by atoms with van der Waals surface area (Å²) >= 11 is 0.691. The maximum Gasteiger partial charge on any atom is 0.345 e. The zero-order valence-corrected chi connectivity index (χ0v) is 11.3. The van der Waals surface area contributed by atoms with Crippen molar-refractivity contribution in [2.75, 3.05) is 0 Å². The highest BCUT2D eigenvalue weighted by molar-refractivity contribution is 7.91. The zero-order valence-electron chi connectivity index (χ0n) is 9.69. The fourth-order valence-corrected chi connectivity index (χ4v) is 3.72. The molecule has 0 aromatic carbocycles. The molecule has 0 amide bonds. The number of rotatable bonds is 5. The Morgan fingerprint density at radius 1 is 1.53 bits per heavy atom. The second-order valence-corrected chi connectivity index (χ2v) is 6.66. The first-order valence-electron chi connectivity index (χ1n) is 5.11. The first kappa shape index (κ1) is 13.6. The van der Waals surface area contributed by atoms with Gasteiger partial charge in [0.1, 0.15) is 21.2 Å². The molecule has 2 heterocycles. The molecule has 0 aliphatic rings. The standard InChI is InChI=1S/C9H10N4O4S2/c1-5(8-10-4-11-12-8)13-19(16,17)7-3-2-6(18-7)9(14)15/h2-5,13H,1H3,(H,14,15)(H,10,11,12). The number of aromatic carboxylic acids is 1. The van der Waals surface area contributed by atoms with Gasteiger partial charge < -0.3 is 5.11 Å². The van der Waals surface area contributed by atoms with E-state index < -0.39 is 22.0 Å². The van der Waals surface area contributed by atoms with Gasteiger partial charge in [0.2, 0.25) is 0 Å². The van der Waals surface area contributed by atoms with E-state index in [1.54, 1.807) is 6.92 Å². The fourth-order valence-electron chi connectivity index (χ4n) is 1.35. The van der Waals surface area contributed by atoms with Crippen LogP contribution in [0.3, 0.4) is 0 Å². The van der Waals surface area contributed by atoms with Gasteiger partial charge in [-0.05, 0) is 19.1 Å². The highest BCUT2D eigenvalue weighted by atomic mass is 32.2. The van der Waals surface area contributed by atoms with Crippen molar-refractivity contribution in [3.8, 4) is 0 Å². The van der Waals surface area contributed by atoms with Crippen molar-refractivity contribution in [3.63, 3.8) is 0 Å². The van der Waals surface area contributed by atoms with E-state index in [0.717, 1.165) is 0 Å². The molecule has 2 rings (SSSR count). The SMILES string of the molecule is CC(NS(=O)(=O)c1ccc(C(=O)O)s1)c1ncn[nH]1. The summed E-state index contributed by atoms with van der Waals surface area (Å²) in [5.41, 5.74) is 0. The Bertz CT molecular complexity index is 677. The molecule has 0 saturated carbocycles. The summed E-state index contributed by atoms with van der Waals surface area (Å²) in [7, 11) is -3.78. The van der Waals surface area contributed by atoms with Gasteiger partial charge >= 0.3 is 5.97 Å². The van der Waals surface area contributed by atoms with Crippen molar-refractivity contribution < 1.29 is 18.3 Å². The molecule has 2 aromatic heterocycles. The number of H-pyrrole nitrogens is 1. The Morgan fingerprint density at radius 2 is 2.26 bits per heavy atom. The van der Waals surface area contributed by atoms with Crippen LogP contribution >= 0.6 is 11.3 Å². The lowest BCUT2D eigenvalue weighted by Gasteiger charge is -2.10. The Hall–Kier alpha value is -1.78. The Labute approximate surface area is 112 Å². The second-order valence-electron chi connectivity index (χ2n) is 3.64. The third-order valence-electron chi connectivity index (χ3n) is 2.23. The molecular weight excluding hydrogens is 292 g/mol. The predicted molar refractivity (Wildman–Crippen MR) is 66.4 cm³/mol. The number of carboxylic acid groups (broad SMARTS) is 1. The predicted octanol–water partition coefficient (Wildman–Crippen LogP) is 0.604. The summed E-state index contributed by atoms with van der Waals surface area (Å²) < 4.78 is 26.4. The molecule has 0 spiro atoms. The van der Waals surface area contributed by atoms with E-state index in [9.17, 15) is 13.2 Å². The smallest absolute Gasteiger partial charge is 0.345 e. The Balaban J connectivity index is 2.20. The minimum Gasteiger partial charge on any atom is -0.477 e. The lowest BCUT2D eigenvalue weighted by atomic mass is 10.3. The zero-order chi connectivity index (χ0) is 14.0. The van der Waals surface area contributed by atoms with Crippen LogP contribution in [0.5, 0.6) is 0 Å². The lowest BCUT2D eigenvalue weighted by Crippen LogP contribution is -2.27. The van der Waals surface area contributed by atoms with Gasteiger partial charge in [-0.1, -0.05) is 0 Å². The van der Waals surface area contributed by atoms with E-state index in [0.29, 0.717) is 17.2 Å². The maximum atomic E-state index is 12.0. The van der Waals surface area contributed by atoms with Crippen molar-refractivity contribution in [2.45, 2.75) is 17.2 Å². The highest BCUT2D eigenvalue weighted by Gasteiger charge is 2.22. The second kappa shape index (κ2) is 5.07. The Morgan fingerprint density at radius 3 is 2.79 bits per heavy atom. The quantitative estimate of drug-likeness (QED) is 0.743. The summed E-state index contributed by atoms with van der Waals surface area (Å²) in [6.07, 6.45) is 1.27. The molecule has 0 fully saturated rings. The fraction of sp³-hybridized carbons (Fsp3) is 0.222. The number of thiophene rings is 1. The van der Waals surface area contributed by atoms with Gasteiger partial charge in [-0.25, -0.2) is 22.9 Å². The molecule has 3 N–H and O–H groups in total. The molecule has 0 bridgehead atoms. The van der Waals surface area contributed by atoms with Crippen molar-refractivity contribution >= 4 is 27.3 Å². The van der Waals surface area contributed by atoms with Gasteiger partial charge in [-0.2, -0.15) is 5.10 Å². The van der Waals surface area contributed by atoms with E-state index in [1.165, 1.54) is 18.5 Å². The number of nitrogens with one attached hydrogen (secondary N) is 2. The van der Waals surface area contributed by atoms with Crippen LogP contribution in [-0.4, -0.2) is 34.7 Å². The van der Waals surface area contributed by atoms with Crippen LogP contribution in [0.15, 0.2) is 22.7 Å². The minimum absolute atomic E-state index is 0.0345. The molecule has 19 heavy (non-hydrogen) atoms. The van der Waals surface area contributed by atoms with Gasteiger partial charge in [0.25, 0.3) is 10.0 Å². The number of aromatic nitrogens is 3. The topological polar surface area (TPSA) is 125 Å². The van der Waals surface area contributed by atoms with Gasteiger partial charge in [-0.3, -0.25) is 5.10 Å². The van der Waals surface area contributed by atoms with Crippen molar-refractivity contribution in [1.82, 2.24) is 19.9 Å². The molecule has 0 radical (unpaired) electrons. The van der Waals surface area contributed by atoms with Gasteiger partial charge in [0.05, 0.1) is 6.04 Å². The molecular formula is C9H10N4O4S2. The lowest BCUT2D eigenvalue weighted by molar-refractivity contribution is 0.0702. The van der Waals surface area contributed by atoms with Crippen LogP contribution in [0, 0.1) is 0 Å². The molecule has 0 aliphatic carbocycles. The number of nitrogens with zero attached hydrogens (tertiary/aromatic N) is 2. The summed E-state index contributed by atoms with van der Waals surface area (Å²) in [6, 6.07) is 1.91. The van der Waals surface area contributed by atoms with Crippen molar-refractivity contribution in [1.29, 1.82) is 0 Å². The van der Waals surface area contributed by atoms with Crippen LogP contribution in [0.4, 0.5) is 0 Å². The van der Waals surface area contributed by atoms with Crippen molar-refractivity contribution in [2.24, 2.45) is 0 Å². The van der Waals surface area contributed by atoms with Crippen LogP contribution in [0.2, 0.25) is 0 Å². The normalized spacial score (nSPS) is 13.3. The molecule has 1 unspecified atom stereocenters. The third kappa shape index (κ3) is 2.97. The third-order valence-corrected chi connectivity index (χ3v) is 5.34. The average Bonchev–Trinajstić information content (AvgIpc) is 3.00. The van der Waals surface area contributed by atoms with Crippen LogP contribution in [0.1, 0.15) is 28.5 Å². The highest BCUT2D eigenvalue weighted by Crippen LogP contribution is 2.22.